The second-order valence-electron chi connectivity index (χ2n) is 6.45. The Balaban J connectivity index is 1.68. The van der Waals surface area contributed by atoms with Gasteiger partial charge in [0.25, 0.3) is 0 Å². The van der Waals surface area contributed by atoms with Crippen LogP contribution in [0.3, 0.4) is 0 Å². The highest BCUT2D eigenvalue weighted by Gasteiger charge is 2.24. The molecule has 128 valence electrons. The lowest BCUT2D eigenvalue weighted by molar-refractivity contribution is 0.0254. The van der Waals surface area contributed by atoms with Crippen LogP contribution in [0.25, 0.3) is 0 Å². The summed E-state index contributed by atoms with van der Waals surface area (Å²) in [6.07, 6.45) is 2.14. The zero-order chi connectivity index (χ0) is 16.2. The Morgan fingerprint density at radius 2 is 1.78 bits per heavy atom. The second kappa shape index (κ2) is 7.51. The Kier molecular flexibility index (Phi) is 5.41. The van der Waals surface area contributed by atoms with Gasteiger partial charge in [0, 0.05) is 32.7 Å². The number of nitrogens with zero attached hydrogens (tertiary/aromatic N) is 2. The van der Waals surface area contributed by atoms with E-state index in [1.54, 1.807) is 14.2 Å². The van der Waals surface area contributed by atoms with Crippen LogP contribution in [0.15, 0.2) is 12.1 Å². The van der Waals surface area contributed by atoms with Gasteiger partial charge in [0.2, 0.25) is 0 Å². The minimum atomic E-state index is 0.165. The second-order valence-corrected chi connectivity index (χ2v) is 6.45. The largest absolute Gasteiger partial charge is 0.493 e. The molecule has 23 heavy (non-hydrogen) atoms. The van der Waals surface area contributed by atoms with Crippen LogP contribution in [-0.2, 0) is 11.2 Å². The number of hydrogen-bond acceptors (Lipinski definition) is 5. The number of piperazine rings is 1. The number of hydrogen-bond donors (Lipinski definition) is 0. The van der Waals surface area contributed by atoms with Crippen LogP contribution in [-0.4, -0.2) is 70.4 Å². The van der Waals surface area contributed by atoms with Gasteiger partial charge in [-0.3, -0.25) is 0 Å². The quantitative estimate of drug-likeness (QED) is 0.828. The summed E-state index contributed by atoms with van der Waals surface area (Å²) in [5, 5.41) is 0. The summed E-state index contributed by atoms with van der Waals surface area (Å²) in [6.45, 7) is 6.51. The molecule has 0 radical (unpaired) electrons. The summed E-state index contributed by atoms with van der Waals surface area (Å²) in [4.78, 5) is 4.93. The number of benzene rings is 1. The number of rotatable bonds is 5. The maximum absolute atomic E-state index is 6.06. The fourth-order valence-corrected chi connectivity index (χ4v) is 3.46. The third-order valence-corrected chi connectivity index (χ3v) is 4.99. The Bertz CT molecular complexity index is 527. The molecule has 0 aromatic heterocycles. The lowest BCUT2D eigenvalue weighted by Crippen LogP contribution is -2.45. The van der Waals surface area contributed by atoms with Gasteiger partial charge in [-0.2, -0.15) is 0 Å². The molecule has 3 rings (SSSR count). The Hall–Kier alpha value is -1.30. The molecular formula is C18H28N2O3. The third-order valence-electron chi connectivity index (χ3n) is 4.99. The van der Waals surface area contributed by atoms with Crippen LogP contribution < -0.4 is 9.47 Å². The van der Waals surface area contributed by atoms with Crippen molar-refractivity contribution in [3.05, 3.63) is 23.3 Å². The van der Waals surface area contributed by atoms with Gasteiger partial charge in [0.05, 0.1) is 26.9 Å². The van der Waals surface area contributed by atoms with Crippen LogP contribution in [0.4, 0.5) is 0 Å². The molecule has 1 aromatic carbocycles. The molecule has 2 aliphatic heterocycles. The van der Waals surface area contributed by atoms with Gasteiger partial charge in [-0.1, -0.05) is 0 Å². The van der Waals surface area contributed by atoms with Crippen LogP contribution in [0.1, 0.15) is 23.7 Å². The number of methoxy groups -OCH3 is 2. The van der Waals surface area contributed by atoms with E-state index < -0.39 is 0 Å². The normalized spacial score (nSPS) is 22.7. The van der Waals surface area contributed by atoms with E-state index in [1.165, 1.54) is 11.1 Å². The minimum absolute atomic E-state index is 0.165. The van der Waals surface area contributed by atoms with Crippen LogP contribution in [0, 0.1) is 0 Å². The van der Waals surface area contributed by atoms with E-state index in [0.717, 1.165) is 63.7 Å². The topological polar surface area (TPSA) is 34.2 Å². The fourth-order valence-electron chi connectivity index (χ4n) is 3.46. The van der Waals surface area contributed by atoms with Crippen molar-refractivity contribution in [2.45, 2.75) is 18.9 Å². The predicted octanol–water partition coefficient (Wildman–Crippen LogP) is 1.96. The Morgan fingerprint density at radius 3 is 2.48 bits per heavy atom. The zero-order valence-electron chi connectivity index (χ0n) is 14.5. The fraction of sp³-hybridized carbons (Fsp3) is 0.667. The van der Waals surface area contributed by atoms with Gasteiger partial charge in [0.1, 0.15) is 0 Å². The lowest BCUT2D eigenvalue weighted by atomic mass is 9.94. The van der Waals surface area contributed by atoms with Crippen LogP contribution in [0.5, 0.6) is 11.5 Å². The number of ether oxygens (including phenoxy) is 3. The van der Waals surface area contributed by atoms with E-state index in [1.807, 2.05) is 0 Å². The maximum atomic E-state index is 6.06. The first-order valence-electron chi connectivity index (χ1n) is 8.48. The first-order chi connectivity index (χ1) is 11.2. The number of fused-ring (bicyclic) bond motifs is 1. The summed E-state index contributed by atoms with van der Waals surface area (Å²) in [6, 6.07) is 4.21. The standard InChI is InChI=1S/C18H28N2O3/c1-19-7-9-20(10-8-19)6-4-16-15-13-18(22-3)17(21-2)12-14(15)5-11-23-16/h12-13,16H,4-11H2,1-3H3. The van der Waals surface area contributed by atoms with E-state index in [0.29, 0.717) is 0 Å². The highest BCUT2D eigenvalue weighted by molar-refractivity contribution is 5.48. The highest BCUT2D eigenvalue weighted by Crippen LogP contribution is 2.38. The number of likely N-dealkylation sites (N-methyl/N-ethyl adjacent to an activating group) is 1. The summed E-state index contributed by atoms with van der Waals surface area (Å²) in [5.74, 6) is 1.60. The van der Waals surface area contributed by atoms with Crippen molar-refractivity contribution < 1.29 is 14.2 Å². The molecule has 2 aliphatic rings. The summed E-state index contributed by atoms with van der Waals surface area (Å²) in [7, 11) is 5.57. The first kappa shape index (κ1) is 16.6. The molecule has 0 bridgehead atoms. The average molecular weight is 320 g/mol. The van der Waals surface area contributed by atoms with Crippen molar-refractivity contribution in [2.75, 3.05) is 60.6 Å². The molecule has 5 nitrogen and oxygen atoms in total. The van der Waals surface area contributed by atoms with Gasteiger partial charge in [0.15, 0.2) is 11.5 Å². The molecule has 1 atom stereocenters. The molecule has 0 amide bonds. The predicted molar refractivity (Wildman–Crippen MR) is 90.5 cm³/mol. The van der Waals surface area contributed by atoms with E-state index in [4.69, 9.17) is 14.2 Å². The Labute approximate surface area is 139 Å². The maximum Gasteiger partial charge on any atom is 0.161 e. The average Bonchev–Trinajstić information content (AvgIpc) is 2.60. The zero-order valence-corrected chi connectivity index (χ0v) is 14.5. The van der Waals surface area contributed by atoms with Gasteiger partial charge in [-0.05, 0) is 43.1 Å². The molecule has 5 heteroatoms. The minimum Gasteiger partial charge on any atom is -0.493 e. The summed E-state index contributed by atoms with van der Waals surface area (Å²) < 4.78 is 16.9. The third kappa shape index (κ3) is 3.79. The van der Waals surface area contributed by atoms with E-state index in [-0.39, 0.29) is 6.10 Å². The summed E-state index contributed by atoms with van der Waals surface area (Å²) in [5.41, 5.74) is 2.60. The smallest absolute Gasteiger partial charge is 0.161 e. The molecular weight excluding hydrogens is 292 g/mol. The van der Waals surface area contributed by atoms with Crippen molar-refractivity contribution in [1.82, 2.24) is 9.80 Å². The molecule has 1 unspecified atom stereocenters. The summed E-state index contributed by atoms with van der Waals surface area (Å²) >= 11 is 0. The molecule has 1 saturated heterocycles. The van der Waals surface area contributed by atoms with Crippen LogP contribution >= 0.6 is 0 Å². The molecule has 1 aromatic rings. The van der Waals surface area contributed by atoms with Gasteiger partial charge in [-0.25, -0.2) is 0 Å². The van der Waals surface area contributed by atoms with Gasteiger partial charge < -0.3 is 24.0 Å². The molecule has 2 heterocycles. The van der Waals surface area contributed by atoms with Crippen molar-refractivity contribution >= 4 is 0 Å². The van der Waals surface area contributed by atoms with Crippen molar-refractivity contribution in [2.24, 2.45) is 0 Å². The SMILES string of the molecule is COc1cc2c(cc1OC)C(CCN1CCN(C)CC1)OCC2. The van der Waals surface area contributed by atoms with E-state index >= 15 is 0 Å². The van der Waals surface area contributed by atoms with Crippen molar-refractivity contribution in [3.8, 4) is 11.5 Å². The molecule has 0 N–H and O–H groups in total. The van der Waals surface area contributed by atoms with Crippen LogP contribution in [0.2, 0.25) is 0 Å². The van der Waals surface area contributed by atoms with E-state index in [2.05, 4.69) is 29.0 Å². The molecule has 0 spiro atoms. The highest BCUT2D eigenvalue weighted by atomic mass is 16.5. The molecule has 1 fully saturated rings. The monoisotopic (exact) mass is 320 g/mol. The van der Waals surface area contributed by atoms with Gasteiger partial charge >= 0.3 is 0 Å². The molecule has 0 aliphatic carbocycles. The van der Waals surface area contributed by atoms with Gasteiger partial charge in [-0.15, -0.1) is 0 Å². The van der Waals surface area contributed by atoms with Crippen molar-refractivity contribution in [1.29, 1.82) is 0 Å². The first-order valence-corrected chi connectivity index (χ1v) is 8.48. The lowest BCUT2D eigenvalue weighted by Gasteiger charge is -2.34. The van der Waals surface area contributed by atoms with E-state index in [9.17, 15) is 0 Å². The molecule has 0 saturated carbocycles. The Morgan fingerprint density at radius 1 is 1.09 bits per heavy atom. The van der Waals surface area contributed by atoms with Crippen molar-refractivity contribution in [3.63, 3.8) is 0 Å².